The first-order valence-electron chi connectivity index (χ1n) is 16.3. The molecule has 7 aromatic carbocycles. The topological polar surface area (TPSA) is 55.1 Å². The van der Waals surface area contributed by atoms with Crippen LogP contribution >= 0.6 is 0 Å². The van der Waals surface area contributed by atoms with Gasteiger partial charge in [-0.2, -0.15) is 0 Å². The van der Waals surface area contributed by atoms with Gasteiger partial charge in [-0.1, -0.05) is 127 Å². The third kappa shape index (κ3) is 4.91. The van der Waals surface area contributed by atoms with E-state index in [1.807, 2.05) is 60.7 Å². The average Bonchev–Trinajstić information content (AvgIpc) is 3.71. The summed E-state index contributed by atoms with van der Waals surface area (Å²) in [5.74, 6) is 1.10. The van der Waals surface area contributed by atoms with E-state index in [1.54, 1.807) is 0 Å². The van der Waals surface area contributed by atoms with Crippen LogP contribution in [0.25, 0.3) is 60.2 Å². The maximum atomic E-state index is 6.68. The van der Waals surface area contributed by atoms with Crippen molar-refractivity contribution >= 4 is 72.9 Å². The molecule has 5 nitrogen and oxygen atoms in total. The highest BCUT2D eigenvalue weighted by atomic mass is 16.3. The van der Waals surface area contributed by atoms with Crippen molar-refractivity contribution in [1.82, 2.24) is 4.57 Å². The molecule has 9 rings (SSSR count). The number of aliphatic imine (C=N–C) groups is 3. The third-order valence-corrected chi connectivity index (χ3v) is 9.19. The van der Waals surface area contributed by atoms with E-state index in [0.29, 0.717) is 18.2 Å². The van der Waals surface area contributed by atoms with E-state index >= 15 is 0 Å². The minimum atomic E-state index is 0.376. The Balaban J connectivity index is 1.22. The summed E-state index contributed by atoms with van der Waals surface area (Å²) in [4.78, 5) is 14.2. The molecule has 9 aromatic rings. The maximum Gasteiger partial charge on any atom is 0.161 e. The van der Waals surface area contributed by atoms with Gasteiger partial charge in [0.15, 0.2) is 11.7 Å². The number of hydrogen-bond donors (Lipinski definition) is 0. The minimum Gasteiger partial charge on any atom is -0.456 e. The highest BCUT2D eigenvalue weighted by Gasteiger charge is 2.19. The van der Waals surface area contributed by atoms with Crippen molar-refractivity contribution in [2.24, 2.45) is 15.0 Å². The number of benzene rings is 7. The van der Waals surface area contributed by atoms with E-state index < -0.39 is 0 Å². The molecule has 232 valence electrons. The second kappa shape index (κ2) is 11.9. The zero-order chi connectivity index (χ0) is 32.7. The fraction of sp³-hybridized carbons (Fsp3) is 0.0227. The van der Waals surface area contributed by atoms with E-state index in [1.165, 1.54) is 21.5 Å². The van der Waals surface area contributed by atoms with Crippen LogP contribution in [-0.4, -0.2) is 23.0 Å². The molecule has 0 radical (unpaired) electrons. The minimum absolute atomic E-state index is 0.376. The summed E-state index contributed by atoms with van der Waals surface area (Å²) >= 11 is 0. The second-order valence-corrected chi connectivity index (χ2v) is 12.1. The average molecular weight is 631 g/mol. The number of rotatable bonds is 5. The molecule has 0 aliphatic carbocycles. The normalized spacial score (nSPS) is 12.5. The van der Waals surface area contributed by atoms with Gasteiger partial charge >= 0.3 is 0 Å². The largest absolute Gasteiger partial charge is 0.456 e. The number of aromatic nitrogens is 1. The standard InChI is InChI=1S/C44H30N4O/c1-45-43(29-14-4-2-5-15-29)47-44(30-16-6-3-7-17-30)46-28-33-20-12-22-35-41-38(24-13-25-40(41)49-42(33)35)48-37-23-11-10-21-34(37)36-26-31-18-8-9-19-32(31)27-39(36)48/h2-27H,1,28H2. The molecule has 0 N–H and O–H groups in total. The highest BCUT2D eigenvalue weighted by Crippen LogP contribution is 2.40. The van der Waals surface area contributed by atoms with Gasteiger partial charge in [0.1, 0.15) is 11.2 Å². The summed E-state index contributed by atoms with van der Waals surface area (Å²) in [5.41, 5.74) is 7.81. The van der Waals surface area contributed by atoms with Crippen LogP contribution in [0.5, 0.6) is 0 Å². The molecule has 0 aliphatic rings. The molecule has 0 unspecified atom stereocenters. The number of nitrogens with zero attached hydrogens (tertiary/aromatic N) is 4. The molecular weight excluding hydrogens is 601 g/mol. The van der Waals surface area contributed by atoms with Crippen molar-refractivity contribution in [3.63, 3.8) is 0 Å². The van der Waals surface area contributed by atoms with Crippen molar-refractivity contribution in [2.45, 2.75) is 6.54 Å². The predicted molar refractivity (Wildman–Crippen MR) is 205 cm³/mol. The lowest BCUT2D eigenvalue weighted by molar-refractivity contribution is 0.662. The Bertz CT molecular complexity index is 2750. The van der Waals surface area contributed by atoms with Gasteiger partial charge in [0.05, 0.1) is 28.7 Å². The molecule has 0 aliphatic heterocycles. The fourth-order valence-corrected chi connectivity index (χ4v) is 6.93. The highest BCUT2D eigenvalue weighted by molar-refractivity contribution is 6.17. The molecule has 2 aromatic heterocycles. The first-order valence-corrected chi connectivity index (χ1v) is 16.3. The van der Waals surface area contributed by atoms with Gasteiger partial charge in [0.2, 0.25) is 0 Å². The molecule has 0 saturated heterocycles. The lowest BCUT2D eigenvalue weighted by atomic mass is 10.1. The van der Waals surface area contributed by atoms with E-state index in [9.17, 15) is 0 Å². The van der Waals surface area contributed by atoms with E-state index in [4.69, 9.17) is 14.4 Å². The van der Waals surface area contributed by atoms with Crippen LogP contribution in [0.4, 0.5) is 0 Å². The van der Waals surface area contributed by atoms with Crippen molar-refractivity contribution < 1.29 is 4.42 Å². The number of amidine groups is 2. The first kappa shape index (κ1) is 28.6. The van der Waals surface area contributed by atoms with Gasteiger partial charge in [-0.3, -0.25) is 4.99 Å². The Morgan fingerprint density at radius 3 is 2.00 bits per heavy atom. The molecule has 49 heavy (non-hydrogen) atoms. The number of furan rings is 1. The molecule has 5 heteroatoms. The zero-order valence-corrected chi connectivity index (χ0v) is 26.6. The summed E-state index contributed by atoms with van der Waals surface area (Å²) in [6.07, 6.45) is 0. The molecular formula is C44H30N4O. The number of fused-ring (bicyclic) bond motifs is 7. The van der Waals surface area contributed by atoms with Gasteiger partial charge in [-0.15, -0.1) is 0 Å². The van der Waals surface area contributed by atoms with Crippen LogP contribution in [0, 0.1) is 0 Å². The Hall–Kier alpha value is -6.59. The van der Waals surface area contributed by atoms with Gasteiger partial charge in [-0.05, 0) is 47.8 Å². The number of hydrogen-bond acceptors (Lipinski definition) is 2. The van der Waals surface area contributed by atoms with Gasteiger partial charge in [0.25, 0.3) is 0 Å². The summed E-state index contributed by atoms with van der Waals surface area (Å²) < 4.78 is 9.06. The molecule has 0 fully saturated rings. The maximum absolute atomic E-state index is 6.68. The molecule has 0 bridgehead atoms. The van der Waals surface area contributed by atoms with E-state index in [-0.39, 0.29) is 0 Å². The Morgan fingerprint density at radius 1 is 0.571 bits per heavy atom. The predicted octanol–water partition coefficient (Wildman–Crippen LogP) is 10.9. The summed E-state index contributed by atoms with van der Waals surface area (Å²) in [5, 5.41) is 7.01. The van der Waals surface area contributed by atoms with Crippen molar-refractivity contribution in [1.29, 1.82) is 0 Å². The van der Waals surface area contributed by atoms with Gasteiger partial charge < -0.3 is 8.98 Å². The lowest BCUT2D eigenvalue weighted by Crippen LogP contribution is -2.05. The molecule has 0 saturated carbocycles. The van der Waals surface area contributed by atoms with Crippen molar-refractivity contribution in [3.05, 3.63) is 174 Å². The Kier molecular flexibility index (Phi) is 6.95. The van der Waals surface area contributed by atoms with Crippen LogP contribution in [0.15, 0.2) is 177 Å². The van der Waals surface area contributed by atoms with Gasteiger partial charge in [0, 0.05) is 32.8 Å². The van der Waals surface area contributed by atoms with Crippen molar-refractivity contribution in [3.8, 4) is 5.69 Å². The van der Waals surface area contributed by atoms with Crippen LogP contribution in [0.2, 0.25) is 0 Å². The molecule has 0 amide bonds. The number of para-hydroxylation sites is 2. The van der Waals surface area contributed by atoms with E-state index in [2.05, 4.69) is 113 Å². The molecule has 2 heterocycles. The second-order valence-electron chi connectivity index (χ2n) is 12.1. The fourth-order valence-electron chi connectivity index (χ4n) is 6.93. The summed E-state index contributed by atoms with van der Waals surface area (Å²) in [7, 11) is 0. The van der Waals surface area contributed by atoms with Gasteiger partial charge in [-0.25, -0.2) is 9.98 Å². The third-order valence-electron chi connectivity index (χ3n) is 9.19. The van der Waals surface area contributed by atoms with Crippen molar-refractivity contribution in [2.75, 3.05) is 0 Å². The van der Waals surface area contributed by atoms with Crippen LogP contribution < -0.4 is 0 Å². The van der Waals surface area contributed by atoms with Crippen LogP contribution in [0.3, 0.4) is 0 Å². The molecule has 0 spiro atoms. The smallest absolute Gasteiger partial charge is 0.161 e. The summed E-state index contributed by atoms with van der Waals surface area (Å²) in [6.45, 7) is 4.17. The SMILES string of the molecule is C=NC(=NC(=NCc1cccc2c1oc1cccc(-n3c4ccccc4c4cc5ccccc5cc43)c12)c1ccccc1)c1ccccc1. The first-order chi connectivity index (χ1) is 24.3. The quantitative estimate of drug-likeness (QED) is 0.138. The molecule has 0 atom stereocenters. The monoisotopic (exact) mass is 630 g/mol. The zero-order valence-electron chi connectivity index (χ0n) is 26.6. The van der Waals surface area contributed by atoms with Crippen LogP contribution in [-0.2, 0) is 6.54 Å². The lowest BCUT2D eigenvalue weighted by Gasteiger charge is -2.10. The Labute approximate surface area is 282 Å². The summed E-state index contributed by atoms with van der Waals surface area (Å²) in [6, 6.07) is 54.3. The van der Waals surface area contributed by atoms with Crippen LogP contribution in [0.1, 0.15) is 16.7 Å². The Morgan fingerprint density at radius 2 is 1.22 bits per heavy atom. The van der Waals surface area contributed by atoms with E-state index in [0.717, 1.165) is 55.3 Å².